The number of aryl methyl sites for hydroxylation is 1. The van der Waals surface area contributed by atoms with Crippen molar-refractivity contribution in [1.29, 1.82) is 5.26 Å². The summed E-state index contributed by atoms with van der Waals surface area (Å²) in [7, 11) is 0. The van der Waals surface area contributed by atoms with Gasteiger partial charge in [0.2, 0.25) is 0 Å². The van der Waals surface area contributed by atoms with Crippen molar-refractivity contribution >= 4 is 17.6 Å². The maximum absolute atomic E-state index is 13.8. The first-order valence-corrected chi connectivity index (χ1v) is 9.03. The molecule has 0 aliphatic carbocycles. The van der Waals surface area contributed by atoms with Crippen LogP contribution in [0, 0.1) is 24.1 Å². The molecule has 0 spiro atoms. The highest BCUT2D eigenvalue weighted by Gasteiger charge is 2.14. The summed E-state index contributed by atoms with van der Waals surface area (Å²) in [4.78, 5) is 8.69. The molecule has 4 nitrogen and oxygen atoms in total. The number of hydrogen-bond donors (Lipinski definition) is 1. The van der Waals surface area contributed by atoms with Crippen LogP contribution in [0.5, 0.6) is 0 Å². The fraction of sp³-hybridized carbons (Fsp3) is 0.150. The maximum atomic E-state index is 13.8. The third-order valence-electron chi connectivity index (χ3n) is 3.87. The Hall–Kier alpha value is -2.91. The van der Waals surface area contributed by atoms with Crippen LogP contribution in [-0.4, -0.2) is 9.97 Å². The Labute approximate surface area is 155 Å². The van der Waals surface area contributed by atoms with Crippen molar-refractivity contribution in [3.05, 3.63) is 82.3 Å². The number of anilines is 1. The normalized spacial score (nSPS) is 10.5. The lowest BCUT2D eigenvalue weighted by Crippen LogP contribution is -2.06. The van der Waals surface area contributed by atoms with Crippen molar-refractivity contribution < 1.29 is 4.39 Å². The first kappa shape index (κ1) is 17.9. The highest BCUT2D eigenvalue weighted by molar-refractivity contribution is 7.98. The van der Waals surface area contributed by atoms with E-state index in [4.69, 9.17) is 5.73 Å². The first-order chi connectivity index (χ1) is 12.6. The summed E-state index contributed by atoms with van der Waals surface area (Å²) >= 11 is 1.30. The minimum atomic E-state index is -0.262. The van der Waals surface area contributed by atoms with Crippen molar-refractivity contribution in [2.45, 2.75) is 24.3 Å². The number of aromatic nitrogens is 2. The van der Waals surface area contributed by atoms with Crippen molar-refractivity contribution in [2.24, 2.45) is 0 Å². The van der Waals surface area contributed by atoms with Gasteiger partial charge in [0, 0.05) is 12.2 Å². The molecule has 0 saturated heterocycles. The molecule has 1 heterocycles. The molecule has 2 N–H and O–H groups in total. The maximum Gasteiger partial charge on any atom is 0.190 e. The van der Waals surface area contributed by atoms with E-state index in [9.17, 15) is 9.65 Å². The molecule has 0 saturated carbocycles. The Kier molecular flexibility index (Phi) is 5.49. The second-order valence-corrected chi connectivity index (χ2v) is 6.81. The van der Waals surface area contributed by atoms with Crippen LogP contribution in [0.2, 0.25) is 0 Å². The van der Waals surface area contributed by atoms with Crippen LogP contribution >= 0.6 is 11.8 Å². The number of benzene rings is 2. The van der Waals surface area contributed by atoms with Crippen LogP contribution in [0.1, 0.15) is 27.9 Å². The number of nitriles is 1. The molecule has 0 aliphatic heterocycles. The second kappa shape index (κ2) is 7.98. The van der Waals surface area contributed by atoms with Gasteiger partial charge >= 0.3 is 0 Å². The van der Waals surface area contributed by atoms with Gasteiger partial charge in [-0.1, -0.05) is 59.8 Å². The van der Waals surface area contributed by atoms with Crippen LogP contribution in [0.25, 0.3) is 0 Å². The van der Waals surface area contributed by atoms with E-state index in [-0.39, 0.29) is 11.6 Å². The summed E-state index contributed by atoms with van der Waals surface area (Å²) < 4.78 is 13.8. The zero-order chi connectivity index (χ0) is 18.5. The molecule has 2 aromatic carbocycles. The SMILES string of the molecule is Cc1cccc(Cc2nc(SCc3ccccc3F)nc(N)c2C#N)c1. The molecule has 1 aromatic heterocycles. The Morgan fingerprint density at radius 3 is 2.69 bits per heavy atom. The lowest BCUT2D eigenvalue weighted by atomic mass is 10.0. The number of hydrogen-bond acceptors (Lipinski definition) is 5. The molecule has 0 unspecified atom stereocenters. The van der Waals surface area contributed by atoms with Crippen molar-refractivity contribution in [1.82, 2.24) is 9.97 Å². The number of halogens is 1. The van der Waals surface area contributed by atoms with Gasteiger partial charge < -0.3 is 5.73 Å². The molecule has 26 heavy (non-hydrogen) atoms. The topological polar surface area (TPSA) is 75.6 Å². The third kappa shape index (κ3) is 4.19. The van der Waals surface area contributed by atoms with E-state index in [1.807, 2.05) is 31.2 Å². The van der Waals surface area contributed by atoms with Gasteiger partial charge in [-0.3, -0.25) is 0 Å². The quantitative estimate of drug-likeness (QED) is 0.541. The fourth-order valence-electron chi connectivity index (χ4n) is 2.59. The van der Waals surface area contributed by atoms with Gasteiger partial charge in [-0.15, -0.1) is 0 Å². The fourth-order valence-corrected chi connectivity index (χ4v) is 3.45. The monoisotopic (exact) mass is 364 g/mol. The first-order valence-electron chi connectivity index (χ1n) is 8.05. The molecular formula is C20H17FN4S. The van der Waals surface area contributed by atoms with Gasteiger partial charge in [0.25, 0.3) is 0 Å². The molecule has 6 heteroatoms. The molecule has 0 radical (unpaired) electrons. The standard InChI is InChI=1S/C20H17FN4S/c1-13-5-4-6-14(9-13)10-18-16(11-22)19(23)25-20(24-18)26-12-15-7-2-3-8-17(15)21/h2-9H,10,12H2,1H3,(H2,23,24,25). The number of thioether (sulfide) groups is 1. The summed E-state index contributed by atoms with van der Waals surface area (Å²) in [6.07, 6.45) is 0.491. The summed E-state index contributed by atoms with van der Waals surface area (Å²) in [5.74, 6) is 0.282. The average Bonchev–Trinajstić information content (AvgIpc) is 2.61. The number of nitrogens with zero attached hydrogens (tertiary/aromatic N) is 3. The minimum Gasteiger partial charge on any atom is -0.382 e. The van der Waals surface area contributed by atoms with Gasteiger partial charge in [-0.05, 0) is 24.1 Å². The third-order valence-corrected chi connectivity index (χ3v) is 4.77. The van der Waals surface area contributed by atoms with E-state index in [1.165, 1.54) is 17.8 Å². The van der Waals surface area contributed by atoms with E-state index in [2.05, 4.69) is 16.0 Å². The smallest absolute Gasteiger partial charge is 0.190 e. The van der Waals surface area contributed by atoms with Gasteiger partial charge in [0.1, 0.15) is 23.3 Å². The van der Waals surface area contributed by atoms with Crippen LogP contribution in [0.15, 0.2) is 53.7 Å². The summed E-state index contributed by atoms with van der Waals surface area (Å²) in [5.41, 5.74) is 9.59. The number of nitrogens with two attached hydrogens (primary N) is 1. The lowest BCUT2D eigenvalue weighted by molar-refractivity contribution is 0.617. The van der Waals surface area contributed by atoms with Crippen LogP contribution in [-0.2, 0) is 12.2 Å². The predicted molar refractivity (Wildman–Crippen MR) is 101 cm³/mol. The Balaban J connectivity index is 1.87. The van der Waals surface area contributed by atoms with Gasteiger partial charge in [-0.25, -0.2) is 14.4 Å². The number of nitrogen functional groups attached to an aromatic ring is 1. The largest absolute Gasteiger partial charge is 0.382 e. The highest BCUT2D eigenvalue weighted by Crippen LogP contribution is 2.25. The lowest BCUT2D eigenvalue weighted by Gasteiger charge is -2.09. The zero-order valence-electron chi connectivity index (χ0n) is 14.2. The van der Waals surface area contributed by atoms with Crippen molar-refractivity contribution in [2.75, 3.05) is 5.73 Å². The average molecular weight is 364 g/mol. The van der Waals surface area contributed by atoms with Crippen molar-refractivity contribution in [3.63, 3.8) is 0 Å². The van der Waals surface area contributed by atoms with Crippen LogP contribution in [0.4, 0.5) is 10.2 Å². The minimum absolute atomic E-state index is 0.154. The van der Waals surface area contributed by atoms with Gasteiger partial charge in [0.15, 0.2) is 5.16 Å². The number of rotatable bonds is 5. The van der Waals surface area contributed by atoms with E-state index >= 15 is 0 Å². The molecule has 0 aliphatic rings. The molecule has 0 atom stereocenters. The molecular weight excluding hydrogens is 347 g/mol. The van der Waals surface area contributed by atoms with E-state index in [1.54, 1.807) is 18.2 Å². The molecule has 0 amide bonds. The highest BCUT2D eigenvalue weighted by atomic mass is 32.2. The van der Waals surface area contributed by atoms with E-state index in [0.29, 0.717) is 34.2 Å². The molecule has 0 fully saturated rings. The van der Waals surface area contributed by atoms with Crippen LogP contribution in [0.3, 0.4) is 0 Å². The van der Waals surface area contributed by atoms with Gasteiger partial charge in [0.05, 0.1) is 5.69 Å². The van der Waals surface area contributed by atoms with E-state index < -0.39 is 0 Å². The van der Waals surface area contributed by atoms with Gasteiger partial charge in [-0.2, -0.15) is 5.26 Å². The molecule has 130 valence electrons. The Bertz CT molecular complexity index is 982. The molecule has 0 bridgehead atoms. The zero-order valence-corrected chi connectivity index (χ0v) is 15.1. The molecule has 3 aromatic rings. The Morgan fingerprint density at radius 1 is 1.15 bits per heavy atom. The molecule has 3 rings (SSSR count). The summed E-state index contributed by atoms with van der Waals surface area (Å²) in [5, 5.41) is 9.84. The van der Waals surface area contributed by atoms with Crippen LogP contribution < -0.4 is 5.73 Å². The van der Waals surface area contributed by atoms with E-state index in [0.717, 1.165) is 11.1 Å². The Morgan fingerprint density at radius 2 is 1.96 bits per heavy atom. The predicted octanol–water partition coefficient (Wildman–Crippen LogP) is 4.26. The van der Waals surface area contributed by atoms with Crippen molar-refractivity contribution in [3.8, 4) is 6.07 Å². The summed E-state index contributed by atoms with van der Waals surface area (Å²) in [6.45, 7) is 2.01. The summed E-state index contributed by atoms with van der Waals surface area (Å²) in [6, 6.07) is 16.7. The second-order valence-electron chi connectivity index (χ2n) is 5.87.